The fourth-order valence-electron chi connectivity index (χ4n) is 1.03. The van der Waals surface area contributed by atoms with Gasteiger partial charge in [-0.15, -0.1) is 0 Å². The topological polar surface area (TPSA) is 78.8 Å². The first-order chi connectivity index (χ1) is 6.27. The van der Waals surface area contributed by atoms with Crippen molar-refractivity contribution in [2.45, 2.75) is 19.4 Å². The molecule has 0 aliphatic carbocycles. The fraction of sp³-hybridized carbons (Fsp3) is 0.429. The van der Waals surface area contributed by atoms with Crippen molar-refractivity contribution in [3.05, 3.63) is 18.2 Å². The van der Waals surface area contributed by atoms with Gasteiger partial charge >= 0.3 is 0 Å². The second-order valence-electron chi connectivity index (χ2n) is 2.55. The molecule has 0 aliphatic heterocycles. The van der Waals surface area contributed by atoms with Crippen molar-refractivity contribution in [3.63, 3.8) is 0 Å². The van der Waals surface area contributed by atoms with Gasteiger partial charge in [0.25, 0.3) is 0 Å². The summed E-state index contributed by atoms with van der Waals surface area (Å²) in [5.74, 6) is 6.01. The summed E-state index contributed by atoms with van der Waals surface area (Å²) in [6.45, 7) is 2.04. The van der Waals surface area contributed by atoms with Gasteiger partial charge in [-0.25, -0.2) is 10.8 Å². The molecule has 0 amide bonds. The van der Waals surface area contributed by atoms with E-state index in [1.807, 2.05) is 6.92 Å². The normalized spacial score (nSPS) is 12.2. The molecule has 13 heavy (non-hydrogen) atoms. The first-order valence-corrected chi connectivity index (χ1v) is 4.45. The van der Waals surface area contributed by atoms with Crippen LogP contribution in [0, 0.1) is 0 Å². The molecule has 0 aliphatic rings. The Kier molecular flexibility index (Phi) is 3.66. The Morgan fingerprint density at radius 2 is 2.62 bits per heavy atom. The lowest BCUT2D eigenvalue weighted by Crippen LogP contribution is -2.41. The van der Waals surface area contributed by atoms with E-state index in [9.17, 15) is 0 Å². The molecular weight excluding hydrogens is 186 g/mol. The van der Waals surface area contributed by atoms with Crippen LogP contribution in [0.4, 0.5) is 0 Å². The van der Waals surface area contributed by atoms with Gasteiger partial charge in [-0.2, -0.15) is 0 Å². The quantitative estimate of drug-likeness (QED) is 0.318. The second-order valence-corrected chi connectivity index (χ2v) is 2.96. The van der Waals surface area contributed by atoms with Gasteiger partial charge in [-0.05, 0) is 18.6 Å². The maximum absolute atomic E-state index is 5.14. The molecule has 0 spiro atoms. The van der Waals surface area contributed by atoms with Gasteiger partial charge in [0.05, 0.1) is 6.04 Å². The van der Waals surface area contributed by atoms with Crippen molar-refractivity contribution in [2.24, 2.45) is 5.84 Å². The van der Waals surface area contributed by atoms with E-state index in [2.05, 4.69) is 20.7 Å². The van der Waals surface area contributed by atoms with Crippen LogP contribution in [0.15, 0.2) is 12.4 Å². The molecule has 0 bridgehead atoms. The molecule has 1 rings (SSSR count). The lowest BCUT2D eigenvalue weighted by molar-refractivity contribution is 0.587. The predicted octanol–water partition coefficient (Wildman–Crippen LogP) is 0.199. The van der Waals surface area contributed by atoms with E-state index in [0.717, 1.165) is 12.2 Å². The van der Waals surface area contributed by atoms with Crippen LogP contribution in [0.1, 0.15) is 25.2 Å². The minimum absolute atomic E-state index is 0.0820. The zero-order valence-corrected chi connectivity index (χ0v) is 8.19. The minimum Gasteiger partial charge on any atom is -0.352 e. The largest absolute Gasteiger partial charge is 0.352 e. The van der Waals surface area contributed by atoms with Crippen molar-refractivity contribution >= 4 is 17.3 Å². The van der Waals surface area contributed by atoms with E-state index >= 15 is 0 Å². The lowest BCUT2D eigenvalue weighted by Gasteiger charge is -2.15. The number of nitrogens with zero attached hydrogens (tertiary/aromatic N) is 1. The highest BCUT2D eigenvalue weighted by molar-refractivity contribution is 7.80. The molecule has 5 nitrogen and oxygen atoms in total. The summed E-state index contributed by atoms with van der Waals surface area (Å²) in [5, 5.41) is 3.44. The molecule has 6 heteroatoms. The third-order valence-electron chi connectivity index (χ3n) is 1.69. The molecule has 1 unspecified atom stereocenters. The van der Waals surface area contributed by atoms with Crippen molar-refractivity contribution in [1.29, 1.82) is 0 Å². The SMILES string of the molecule is CCC(NC(=S)NN)c1ncc[nH]1. The smallest absolute Gasteiger partial charge is 0.181 e. The van der Waals surface area contributed by atoms with Crippen LogP contribution in [0.2, 0.25) is 0 Å². The lowest BCUT2D eigenvalue weighted by atomic mass is 10.2. The van der Waals surface area contributed by atoms with Crippen molar-refractivity contribution in [3.8, 4) is 0 Å². The Hall–Kier alpha value is -1.14. The average molecular weight is 199 g/mol. The van der Waals surface area contributed by atoms with Crippen LogP contribution >= 0.6 is 12.2 Å². The number of aromatic amines is 1. The third kappa shape index (κ3) is 2.67. The van der Waals surface area contributed by atoms with Gasteiger partial charge < -0.3 is 15.7 Å². The van der Waals surface area contributed by atoms with Gasteiger partial charge in [0.1, 0.15) is 5.82 Å². The summed E-state index contributed by atoms with van der Waals surface area (Å²) in [4.78, 5) is 7.14. The van der Waals surface area contributed by atoms with Gasteiger partial charge in [-0.1, -0.05) is 6.92 Å². The molecule has 1 aromatic heterocycles. The highest BCUT2D eigenvalue weighted by Gasteiger charge is 2.11. The number of aromatic nitrogens is 2. The molecule has 1 heterocycles. The van der Waals surface area contributed by atoms with E-state index in [4.69, 9.17) is 18.1 Å². The summed E-state index contributed by atoms with van der Waals surface area (Å²) in [6, 6.07) is 0.0820. The molecule has 0 fully saturated rings. The molecule has 0 saturated carbocycles. The number of nitrogens with one attached hydrogen (secondary N) is 3. The molecule has 0 saturated heterocycles. The Labute approximate surface area is 82.1 Å². The zero-order valence-electron chi connectivity index (χ0n) is 7.37. The molecule has 72 valence electrons. The Morgan fingerprint density at radius 3 is 3.08 bits per heavy atom. The van der Waals surface area contributed by atoms with Gasteiger partial charge in [0.15, 0.2) is 5.11 Å². The zero-order chi connectivity index (χ0) is 9.68. The molecule has 0 radical (unpaired) electrons. The van der Waals surface area contributed by atoms with Crippen LogP contribution in [0.25, 0.3) is 0 Å². The maximum atomic E-state index is 5.14. The molecule has 1 aromatic rings. The molecule has 1 atom stereocenters. The van der Waals surface area contributed by atoms with E-state index in [0.29, 0.717) is 5.11 Å². The van der Waals surface area contributed by atoms with E-state index in [-0.39, 0.29) is 6.04 Å². The summed E-state index contributed by atoms with van der Waals surface area (Å²) in [6.07, 6.45) is 4.37. The van der Waals surface area contributed by atoms with Crippen molar-refractivity contribution in [2.75, 3.05) is 0 Å². The number of imidazole rings is 1. The van der Waals surface area contributed by atoms with Crippen LogP contribution in [0.3, 0.4) is 0 Å². The number of rotatable bonds is 3. The summed E-state index contributed by atoms with van der Waals surface area (Å²) >= 11 is 4.88. The molecule has 0 aromatic carbocycles. The summed E-state index contributed by atoms with van der Waals surface area (Å²) in [7, 11) is 0. The van der Waals surface area contributed by atoms with E-state index in [1.54, 1.807) is 12.4 Å². The fourth-order valence-corrected chi connectivity index (χ4v) is 1.17. The van der Waals surface area contributed by atoms with Crippen LogP contribution < -0.4 is 16.6 Å². The van der Waals surface area contributed by atoms with Gasteiger partial charge in [0, 0.05) is 12.4 Å². The number of hydrogen-bond acceptors (Lipinski definition) is 3. The Balaban J connectivity index is 2.58. The molecular formula is C7H13N5S. The van der Waals surface area contributed by atoms with Gasteiger partial charge in [0.2, 0.25) is 0 Å². The number of nitrogens with two attached hydrogens (primary N) is 1. The minimum atomic E-state index is 0.0820. The maximum Gasteiger partial charge on any atom is 0.181 e. The van der Waals surface area contributed by atoms with Crippen LogP contribution in [-0.2, 0) is 0 Å². The number of thiocarbonyl (C=S) groups is 1. The highest BCUT2D eigenvalue weighted by atomic mass is 32.1. The van der Waals surface area contributed by atoms with E-state index < -0.39 is 0 Å². The molecule has 5 N–H and O–H groups in total. The highest BCUT2D eigenvalue weighted by Crippen LogP contribution is 2.10. The summed E-state index contributed by atoms with van der Waals surface area (Å²) < 4.78 is 0. The Bertz CT molecular complexity index is 258. The second kappa shape index (κ2) is 4.78. The first-order valence-electron chi connectivity index (χ1n) is 4.04. The first kappa shape index (κ1) is 9.94. The van der Waals surface area contributed by atoms with Crippen molar-refractivity contribution < 1.29 is 0 Å². The average Bonchev–Trinajstić information content (AvgIpc) is 2.66. The third-order valence-corrected chi connectivity index (χ3v) is 1.93. The van der Waals surface area contributed by atoms with Gasteiger partial charge in [-0.3, -0.25) is 0 Å². The van der Waals surface area contributed by atoms with Crippen LogP contribution in [0.5, 0.6) is 0 Å². The number of H-pyrrole nitrogens is 1. The number of hydrazine groups is 1. The van der Waals surface area contributed by atoms with E-state index in [1.165, 1.54) is 0 Å². The van der Waals surface area contributed by atoms with Crippen LogP contribution in [-0.4, -0.2) is 15.1 Å². The standard InChI is InChI=1S/C7H13N5S/c1-2-5(11-7(13)12-8)6-9-3-4-10-6/h3-5H,2,8H2,1H3,(H,9,10)(H2,11,12,13). The summed E-state index contributed by atoms with van der Waals surface area (Å²) in [5.41, 5.74) is 2.37. The Morgan fingerprint density at radius 1 is 1.85 bits per heavy atom. The monoisotopic (exact) mass is 199 g/mol. The predicted molar refractivity (Wildman–Crippen MR) is 54.7 cm³/mol. The number of hydrogen-bond donors (Lipinski definition) is 4. The van der Waals surface area contributed by atoms with Crippen molar-refractivity contribution in [1.82, 2.24) is 20.7 Å².